The van der Waals surface area contributed by atoms with Crippen molar-refractivity contribution in [2.45, 2.75) is 395 Å². The van der Waals surface area contributed by atoms with Gasteiger partial charge in [0.05, 0.1) is 33.7 Å². The molecule has 11 fully saturated rings. The van der Waals surface area contributed by atoms with Gasteiger partial charge in [-0.25, -0.2) is 0 Å². The van der Waals surface area contributed by atoms with Crippen LogP contribution in [0.2, 0.25) is 0 Å². The summed E-state index contributed by atoms with van der Waals surface area (Å²) < 4.78 is 31.2. The van der Waals surface area contributed by atoms with E-state index in [9.17, 15) is 24.0 Å². The molecule has 11 aliphatic carbocycles. The van der Waals surface area contributed by atoms with Gasteiger partial charge in [0.15, 0.2) is 0 Å². The molecule has 0 N–H and O–H groups in total. The molecule has 0 spiro atoms. The number of benzene rings is 5. The van der Waals surface area contributed by atoms with E-state index in [2.05, 4.69) is 192 Å². The van der Waals surface area contributed by atoms with Crippen LogP contribution in [0.4, 0.5) is 0 Å². The lowest BCUT2D eigenvalue weighted by Gasteiger charge is -2.59. The third kappa shape index (κ3) is 21.8. The third-order valence-electron chi connectivity index (χ3n) is 31.7. The molecular weight excluding hydrogens is 1430 g/mol. The average Bonchev–Trinajstić information content (AvgIpc) is 0.982. The number of esters is 5. The first kappa shape index (κ1) is 90.7. The molecule has 5 aromatic carbocycles. The molecule has 4 atom stereocenters. The zero-order chi connectivity index (χ0) is 83.5. The van der Waals surface area contributed by atoms with Crippen LogP contribution in [0.25, 0.3) is 21.5 Å². The van der Waals surface area contributed by atoms with Crippen molar-refractivity contribution in [1.82, 2.24) is 0 Å². The minimum Gasteiger partial charge on any atom is -0.465 e. The highest BCUT2D eigenvalue weighted by atomic mass is 16.6. The van der Waals surface area contributed by atoms with Gasteiger partial charge in [0.2, 0.25) is 0 Å². The summed E-state index contributed by atoms with van der Waals surface area (Å²) in [5.74, 6) is 6.11. The fourth-order valence-electron chi connectivity index (χ4n) is 24.3. The lowest BCUT2D eigenvalue weighted by atomic mass is 9.50. The normalized spacial score (nSPS) is 26.9. The van der Waals surface area contributed by atoms with Crippen LogP contribution >= 0.6 is 0 Å². The molecule has 0 radical (unpaired) electrons. The Morgan fingerprint density at radius 1 is 0.362 bits per heavy atom. The van der Waals surface area contributed by atoms with E-state index in [1.807, 2.05) is 40.7 Å². The van der Waals surface area contributed by atoms with E-state index in [1.165, 1.54) is 167 Å². The number of fused-ring (bicyclic) bond motifs is 2. The Kier molecular flexibility index (Phi) is 30.0. The van der Waals surface area contributed by atoms with Gasteiger partial charge in [0.25, 0.3) is 0 Å². The second kappa shape index (κ2) is 38.4. The van der Waals surface area contributed by atoms with Crippen LogP contribution in [0.5, 0.6) is 0 Å². The first-order chi connectivity index (χ1) is 55.1. The van der Waals surface area contributed by atoms with Crippen LogP contribution < -0.4 is 0 Å². The predicted octanol–water partition coefficient (Wildman–Crippen LogP) is 28.4. The molecule has 16 rings (SSSR count). The Balaban J connectivity index is 0.000000154. The van der Waals surface area contributed by atoms with Crippen LogP contribution in [0.1, 0.15) is 390 Å². The Hall–Kier alpha value is -6.03. The van der Waals surface area contributed by atoms with E-state index in [-0.39, 0.29) is 57.7 Å². The van der Waals surface area contributed by atoms with Crippen LogP contribution in [0.3, 0.4) is 0 Å². The number of carbonyl (C=O) groups is 5. The molecule has 10 nitrogen and oxygen atoms in total. The van der Waals surface area contributed by atoms with Crippen molar-refractivity contribution >= 4 is 51.4 Å². The highest BCUT2D eigenvalue weighted by molar-refractivity contribution is 5.85. The van der Waals surface area contributed by atoms with Gasteiger partial charge in [0.1, 0.15) is 22.4 Å². The molecule has 4 unspecified atom stereocenters. The predicted molar refractivity (Wildman–Crippen MR) is 475 cm³/mol. The molecule has 5 aromatic rings. The Bertz CT molecular complexity index is 3970. The van der Waals surface area contributed by atoms with Crippen LogP contribution in [-0.2, 0) is 47.7 Å². The molecule has 640 valence electrons. The third-order valence-corrected chi connectivity index (χ3v) is 31.7. The lowest BCUT2D eigenvalue weighted by Crippen LogP contribution is -2.59. The van der Waals surface area contributed by atoms with Gasteiger partial charge < -0.3 is 23.7 Å². The first-order valence-corrected chi connectivity index (χ1v) is 47.3. The minimum absolute atomic E-state index is 0.0100. The standard InChI is InChI=1S/C32H50O4.C28H40O2.C25H34O2.C21H32O2/c1-6-30(4,28(34)35-19-32-15-22-8-23(16-32)10-24(9-22)17-32)18-29(2,3)27(33)36-31(5)25-11-20-7-21(13-25)14-26(31)12-20;1-5-22(25-17-16-23-14-10-11-15-24(23)20-25)21-27(3,4)26(29)30-28(6-2)18-12-8-7-9-13-19-28;1-5-19(22-14-13-20-11-7-8-12-21(20)17-22)18-24(3,4)23(26)27-25(6-2)15-9-10-16-25;1-5-17(18-12-8-7-9-13-18)16-20(3,4)19(22)23-21(6-2)14-10-11-15-21/h20-26H,6-19H2,1-5H3;10-11,14-17,20,22H,5-9,12-13,18-19,21H2,1-4H3;7-8,11-14,17,19H,5-6,9-10,15-16,18H2,1-4H3;7-9,12-13,17H,5-6,10-11,14-16H2,1-4H3. The number of carbonyl (C=O) groups excluding carboxylic acids is 5. The van der Waals surface area contributed by atoms with Crippen molar-refractivity contribution in [3.63, 3.8) is 0 Å². The molecule has 116 heavy (non-hydrogen) atoms. The number of hydrogen-bond donors (Lipinski definition) is 0. The maximum absolute atomic E-state index is 13.7. The summed E-state index contributed by atoms with van der Waals surface area (Å²) in [4.78, 5) is 66.5. The smallest absolute Gasteiger partial charge is 0.312 e. The second-order valence-corrected chi connectivity index (χ2v) is 42.5. The number of ether oxygens (including phenoxy) is 5. The second-order valence-electron chi connectivity index (χ2n) is 42.5. The van der Waals surface area contributed by atoms with Gasteiger partial charge in [0, 0.05) is 5.41 Å². The summed E-state index contributed by atoms with van der Waals surface area (Å²) in [6.45, 7) is 36.3. The van der Waals surface area contributed by atoms with Crippen molar-refractivity contribution in [2.24, 2.45) is 73.9 Å². The fourth-order valence-corrected chi connectivity index (χ4v) is 24.3. The van der Waals surface area contributed by atoms with Crippen molar-refractivity contribution < 1.29 is 47.7 Å². The van der Waals surface area contributed by atoms with E-state index in [0.29, 0.717) is 49.0 Å². The molecule has 11 aliphatic rings. The summed E-state index contributed by atoms with van der Waals surface area (Å²) in [7, 11) is 0. The van der Waals surface area contributed by atoms with Crippen molar-refractivity contribution in [3.8, 4) is 0 Å². The van der Waals surface area contributed by atoms with E-state index in [1.54, 1.807) is 0 Å². The average molecular weight is 1590 g/mol. The zero-order valence-electron chi connectivity index (χ0n) is 75.7. The summed E-state index contributed by atoms with van der Waals surface area (Å²) in [5.41, 5.74) is 0.415. The summed E-state index contributed by atoms with van der Waals surface area (Å²) in [6.07, 6.45) is 40.8. The molecule has 0 aliphatic heterocycles. The van der Waals surface area contributed by atoms with Crippen molar-refractivity contribution in [3.05, 3.63) is 132 Å². The minimum atomic E-state index is -0.720. The number of hydrogen-bond acceptors (Lipinski definition) is 10. The van der Waals surface area contributed by atoms with E-state index < -0.39 is 27.1 Å². The highest BCUT2D eigenvalue weighted by Crippen LogP contribution is 2.62. The van der Waals surface area contributed by atoms with Gasteiger partial charge in [-0.05, 0) is 385 Å². The van der Waals surface area contributed by atoms with Gasteiger partial charge >= 0.3 is 29.8 Å². The Morgan fingerprint density at radius 2 is 0.690 bits per heavy atom. The van der Waals surface area contributed by atoms with Gasteiger partial charge in [-0.2, -0.15) is 0 Å². The van der Waals surface area contributed by atoms with Crippen LogP contribution in [0, 0.1) is 73.9 Å². The van der Waals surface area contributed by atoms with Crippen LogP contribution in [0.15, 0.2) is 115 Å². The largest absolute Gasteiger partial charge is 0.465 e. The maximum atomic E-state index is 13.7. The molecule has 10 heteroatoms. The van der Waals surface area contributed by atoms with Gasteiger partial charge in [-0.15, -0.1) is 0 Å². The van der Waals surface area contributed by atoms with Crippen molar-refractivity contribution in [1.29, 1.82) is 0 Å². The first-order valence-electron chi connectivity index (χ1n) is 47.3. The zero-order valence-corrected chi connectivity index (χ0v) is 75.7. The van der Waals surface area contributed by atoms with Gasteiger partial charge in [-0.1, -0.05) is 183 Å². The topological polar surface area (TPSA) is 132 Å². The van der Waals surface area contributed by atoms with Crippen LogP contribution in [-0.4, -0.2) is 58.9 Å². The highest BCUT2D eigenvalue weighted by Gasteiger charge is 2.59. The molecule has 0 aromatic heterocycles. The SMILES string of the molecule is CCC(C)(CC(C)(C)C(=O)OC1(C)C2CC3CC(C2)CC1C3)C(=O)OCC12CC3CC(CC(C3)C1)C2.CCC(CC(C)(C)C(=O)OC1(CC)CCCC1)c1ccc2ccccc2c1.CCC(CC(C)(C)C(=O)OC1(CC)CCCC1)c1ccccc1.CCC(CC(C)(C)C(=O)OC1(CC)CCCCCCC1)c1ccc2ccccc2c1. The summed E-state index contributed by atoms with van der Waals surface area (Å²) >= 11 is 0. The molecule has 0 heterocycles. The summed E-state index contributed by atoms with van der Waals surface area (Å²) in [6, 6.07) is 40.9. The fraction of sp³-hybridized carbons (Fsp3) is 0.708. The number of rotatable bonds is 29. The molecule has 11 saturated carbocycles. The van der Waals surface area contributed by atoms with Crippen molar-refractivity contribution in [2.75, 3.05) is 6.61 Å². The molecule has 8 bridgehead atoms. The Morgan fingerprint density at radius 3 is 1.05 bits per heavy atom. The summed E-state index contributed by atoms with van der Waals surface area (Å²) in [5, 5.41) is 5.07. The maximum Gasteiger partial charge on any atom is 0.312 e. The van der Waals surface area contributed by atoms with E-state index >= 15 is 0 Å². The van der Waals surface area contributed by atoms with E-state index in [0.717, 1.165) is 126 Å². The Labute approximate surface area is 702 Å². The van der Waals surface area contributed by atoms with Gasteiger partial charge in [-0.3, -0.25) is 24.0 Å². The molecule has 0 amide bonds. The quantitative estimate of drug-likeness (QED) is 0.0337. The molecular formula is C106H156O10. The van der Waals surface area contributed by atoms with E-state index in [4.69, 9.17) is 23.7 Å². The monoisotopic (exact) mass is 1590 g/mol. The lowest BCUT2D eigenvalue weighted by molar-refractivity contribution is -0.212. The molecule has 0 saturated heterocycles.